The van der Waals surface area contributed by atoms with Crippen LogP contribution in [-0.4, -0.2) is 37.6 Å². The van der Waals surface area contributed by atoms with Crippen molar-refractivity contribution in [1.29, 1.82) is 0 Å². The van der Waals surface area contributed by atoms with Crippen LogP contribution in [0.15, 0.2) is 64.7 Å². The average Bonchev–Trinajstić information content (AvgIpc) is 2.68. The van der Waals surface area contributed by atoms with Crippen molar-refractivity contribution in [2.75, 3.05) is 14.2 Å². The minimum absolute atomic E-state index is 0.528. The molecule has 0 bridgehead atoms. The van der Waals surface area contributed by atoms with Gasteiger partial charge in [0, 0.05) is 23.6 Å². The fraction of sp³-hybridized carbons (Fsp3) is 0.227. The predicted molar refractivity (Wildman–Crippen MR) is 105 cm³/mol. The summed E-state index contributed by atoms with van der Waals surface area (Å²) in [6.07, 6.45) is 1.28. The topological polar surface area (TPSA) is 24.8 Å². The van der Waals surface area contributed by atoms with E-state index in [1.54, 1.807) is 25.1 Å². The maximum Gasteiger partial charge on any atom is 0.415 e. The third-order valence-electron chi connectivity index (χ3n) is 5.23. The van der Waals surface area contributed by atoms with Gasteiger partial charge in [0.25, 0.3) is 0 Å². The smallest absolute Gasteiger partial charge is 0.415 e. The summed E-state index contributed by atoms with van der Waals surface area (Å²) in [5.41, 5.74) is 2.39. The van der Waals surface area contributed by atoms with Crippen molar-refractivity contribution in [2.24, 2.45) is 4.99 Å². The minimum atomic E-state index is -4.44. The largest absolute Gasteiger partial charge is 0.496 e. The number of rotatable bonds is 2. The molecule has 144 valence electrons. The second-order valence-electron chi connectivity index (χ2n) is 6.86. The number of nitrogens with zero attached hydrogens (tertiary/aromatic N) is 2. The Morgan fingerprint density at radius 1 is 1.14 bits per heavy atom. The molecule has 1 heterocycles. The molecule has 28 heavy (non-hydrogen) atoms. The summed E-state index contributed by atoms with van der Waals surface area (Å²) in [4.78, 5) is 5.93. The number of fused-ring (bicyclic) bond motifs is 2. The van der Waals surface area contributed by atoms with E-state index >= 15 is 0 Å². The van der Waals surface area contributed by atoms with E-state index in [1.807, 2.05) is 37.3 Å². The number of methoxy groups -OCH3 is 1. The van der Waals surface area contributed by atoms with Crippen LogP contribution in [0.5, 0.6) is 5.75 Å². The van der Waals surface area contributed by atoms with E-state index in [0.29, 0.717) is 17.0 Å². The second kappa shape index (κ2) is 6.55. The van der Waals surface area contributed by atoms with Gasteiger partial charge in [0.05, 0.1) is 24.7 Å². The summed E-state index contributed by atoms with van der Waals surface area (Å²) >= 11 is 0. The molecule has 0 N–H and O–H groups in total. The van der Waals surface area contributed by atoms with E-state index in [-0.39, 0.29) is 0 Å². The Morgan fingerprint density at radius 2 is 1.86 bits per heavy atom. The summed E-state index contributed by atoms with van der Waals surface area (Å²) < 4.78 is 46.1. The van der Waals surface area contributed by atoms with Gasteiger partial charge in [0.15, 0.2) is 0 Å². The van der Waals surface area contributed by atoms with Gasteiger partial charge in [-0.1, -0.05) is 42.5 Å². The van der Waals surface area contributed by atoms with Gasteiger partial charge in [-0.05, 0) is 23.9 Å². The fourth-order valence-corrected chi connectivity index (χ4v) is 3.90. The van der Waals surface area contributed by atoms with Crippen LogP contribution in [0, 0.1) is 6.92 Å². The van der Waals surface area contributed by atoms with Crippen molar-refractivity contribution in [3.05, 3.63) is 70.8 Å². The Labute approximate surface area is 161 Å². The number of allylic oxidation sites excluding steroid dienone is 2. The van der Waals surface area contributed by atoms with Crippen LogP contribution in [0.4, 0.5) is 13.2 Å². The molecule has 0 amide bonds. The summed E-state index contributed by atoms with van der Waals surface area (Å²) in [5, 5.41) is 1.97. The maximum absolute atomic E-state index is 13.5. The highest BCUT2D eigenvalue weighted by atomic mass is 19.4. The van der Waals surface area contributed by atoms with E-state index in [2.05, 4.69) is 4.99 Å². The van der Waals surface area contributed by atoms with Crippen LogP contribution in [0.1, 0.15) is 11.1 Å². The van der Waals surface area contributed by atoms with E-state index < -0.39 is 17.8 Å². The molecule has 0 aromatic heterocycles. The summed E-state index contributed by atoms with van der Waals surface area (Å²) in [5.74, 6) is 0.683. The van der Waals surface area contributed by atoms with Crippen LogP contribution in [0.25, 0.3) is 16.5 Å². The zero-order valence-electron chi connectivity index (χ0n) is 15.7. The number of alkyl halides is 3. The first-order valence-corrected chi connectivity index (χ1v) is 8.85. The summed E-state index contributed by atoms with van der Waals surface area (Å²) in [6, 6.07) is 8.68. The van der Waals surface area contributed by atoms with Gasteiger partial charge >= 0.3 is 6.18 Å². The molecule has 1 aliphatic carbocycles. The number of hydrogen-bond acceptors (Lipinski definition) is 3. The molecule has 1 unspecified atom stereocenters. The molecule has 2 aromatic rings. The third kappa shape index (κ3) is 2.80. The summed E-state index contributed by atoms with van der Waals surface area (Å²) in [7, 11) is 3.39. The van der Waals surface area contributed by atoms with E-state index in [9.17, 15) is 13.2 Å². The lowest BCUT2D eigenvalue weighted by atomic mass is 9.87. The van der Waals surface area contributed by atoms with E-state index in [1.165, 1.54) is 12.4 Å². The summed E-state index contributed by atoms with van der Waals surface area (Å²) in [6.45, 7) is 1.98. The van der Waals surface area contributed by atoms with Crippen molar-refractivity contribution in [1.82, 2.24) is 4.90 Å². The minimum Gasteiger partial charge on any atom is -0.496 e. The highest BCUT2D eigenvalue weighted by Gasteiger charge is 2.42. The van der Waals surface area contributed by atoms with Crippen molar-refractivity contribution < 1.29 is 17.9 Å². The van der Waals surface area contributed by atoms with Gasteiger partial charge in [0.1, 0.15) is 11.8 Å². The van der Waals surface area contributed by atoms with Crippen molar-refractivity contribution >= 4 is 22.8 Å². The zero-order chi connectivity index (χ0) is 20.1. The number of aryl methyl sites for hydroxylation is 1. The highest BCUT2D eigenvalue weighted by molar-refractivity contribution is 5.97. The van der Waals surface area contributed by atoms with E-state index in [4.69, 9.17) is 4.74 Å². The molecule has 2 aromatic carbocycles. The monoisotopic (exact) mass is 384 g/mol. The van der Waals surface area contributed by atoms with Crippen LogP contribution < -0.4 is 4.74 Å². The first-order valence-electron chi connectivity index (χ1n) is 8.85. The Bertz CT molecular complexity index is 1080. The number of benzene rings is 2. The number of aliphatic imine (C=N–C) groups is 1. The molecule has 0 saturated carbocycles. The molecule has 0 radical (unpaired) electrons. The van der Waals surface area contributed by atoms with Crippen LogP contribution in [0.2, 0.25) is 0 Å². The highest BCUT2D eigenvalue weighted by Crippen LogP contribution is 2.42. The normalized spacial score (nSPS) is 19.1. The Morgan fingerprint density at radius 3 is 2.54 bits per heavy atom. The molecule has 1 atom stereocenters. The Kier molecular flexibility index (Phi) is 4.29. The molecule has 0 saturated heterocycles. The molecule has 6 heteroatoms. The lowest BCUT2D eigenvalue weighted by Gasteiger charge is -2.33. The van der Waals surface area contributed by atoms with Gasteiger partial charge < -0.3 is 9.64 Å². The maximum atomic E-state index is 13.5. The van der Waals surface area contributed by atoms with Crippen molar-refractivity contribution in [3.63, 3.8) is 0 Å². The molecule has 1 aliphatic heterocycles. The Hall–Kier alpha value is -3.02. The SMILES string of the molecule is COc1cc(C2=C3C=CC=C(C(F)(F)F)C3N=CN2C)c(C)c2ccccc12. The molecular weight excluding hydrogens is 365 g/mol. The van der Waals surface area contributed by atoms with Gasteiger partial charge in [-0.2, -0.15) is 13.2 Å². The lowest BCUT2D eigenvalue weighted by Crippen LogP contribution is -2.33. The van der Waals surface area contributed by atoms with Gasteiger partial charge in [0.2, 0.25) is 0 Å². The molecule has 2 aliphatic rings. The molecule has 3 nitrogen and oxygen atoms in total. The fourth-order valence-electron chi connectivity index (χ4n) is 3.90. The quantitative estimate of drug-likeness (QED) is 0.705. The van der Waals surface area contributed by atoms with Crippen molar-refractivity contribution in [2.45, 2.75) is 19.1 Å². The number of hydrogen-bond donors (Lipinski definition) is 0. The van der Waals surface area contributed by atoms with Gasteiger partial charge in [-0.3, -0.25) is 4.99 Å². The Balaban J connectivity index is 1.98. The zero-order valence-corrected chi connectivity index (χ0v) is 15.7. The average molecular weight is 384 g/mol. The molecule has 0 fully saturated rings. The van der Waals surface area contributed by atoms with Crippen molar-refractivity contribution in [3.8, 4) is 5.75 Å². The molecule has 4 rings (SSSR count). The molecular formula is C22H19F3N2O. The van der Waals surface area contributed by atoms with E-state index in [0.717, 1.165) is 28.0 Å². The van der Waals surface area contributed by atoms with Gasteiger partial charge in [-0.25, -0.2) is 0 Å². The first-order chi connectivity index (χ1) is 13.3. The standard InChI is InChI=1S/C22H19F3N2O/c1-13-14-7-4-5-8-15(14)19(28-3)11-17(13)21-16-9-6-10-18(22(23,24)25)20(16)26-12-27(21)2/h4-12,20H,1-3H3. The second-order valence-corrected chi connectivity index (χ2v) is 6.86. The molecule has 0 spiro atoms. The predicted octanol–water partition coefficient (Wildman–Crippen LogP) is 5.27. The number of halogens is 3. The number of ether oxygens (including phenoxy) is 1. The third-order valence-corrected chi connectivity index (χ3v) is 5.23. The van der Waals surface area contributed by atoms with Gasteiger partial charge in [-0.15, -0.1) is 0 Å². The lowest BCUT2D eigenvalue weighted by molar-refractivity contribution is -0.0945. The first kappa shape index (κ1) is 18.3. The van der Waals surface area contributed by atoms with Crippen LogP contribution in [0.3, 0.4) is 0 Å². The van der Waals surface area contributed by atoms with Crippen LogP contribution in [-0.2, 0) is 0 Å². The van der Waals surface area contributed by atoms with Crippen LogP contribution >= 0.6 is 0 Å².